The third-order valence-electron chi connectivity index (χ3n) is 3.25. The van der Waals surface area contributed by atoms with Gasteiger partial charge in [-0.2, -0.15) is 0 Å². The first-order chi connectivity index (χ1) is 9.06. The van der Waals surface area contributed by atoms with Crippen molar-refractivity contribution in [3.8, 4) is 0 Å². The summed E-state index contributed by atoms with van der Waals surface area (Å²) in [6.07, 6.45) is 1.47. The molecule has 1 fully saturated rings. The van der Waals surface area contributed by atoms with Crippen LogP contribution in [0.3, 0.4) is 0 Å². The van der Waals surface area contributed by atoms with E-state index in [9.17, 15) is 20.0 Å². The number of carbonyl (C=O) groups is 1. The van der Waals surface area contributed by atoms with Crippen LogP contribution in [-0.2, 0) is 0 Å². The van der Waals surface area contributed by atoms with E-state index in [0.717, 1.165) is 6.42 Å². The van der Waals surface area contributed by atoms with Gasteiger partial charge in [0.2, 0.25) is 0 Å². The summed E-state index contributed by atoms with van der Waals surface area (Å²) in [5.41, 5.74) is -0.407. The molecule has 1 saturated heterocycles. The van der Waals surface area contributed by atoms with E-state index in [-0.39, 0.29) is 28.9 Å². The maximum absolute atomic E-state index is 12.4. The maximum atomic E-state index is 12.4. The Labute approximate surface area is 114 Å². The van der Waals surface area contributed by atoms with Crippen LogP contribution in [0.4, 0.5) is 5.69 Å². The Kier molecular flexibility index (Phi) is 4.01. The Hall–Kier alpha value is -1.66. The van der Waals surface area contributed by atoms with Crippen molar-refractivity contribution < 1.29 is 14.8 Å². The van der Waals surface area contributed by atoms with Gasteiger partial charge in [0.1, 0.15) is 5.56 Å². The molecule has 0 radical (unpaired) electrons. The number of amides is 1. The molecule has 0 aromatic heterocycles. The molecule has 7 heteroatoms. The van der Waals surface area contributed by atoms with Crippen LogP contribution in [-0.4, -0.2) is 40.0 Å². The lowest BCUT2D eigenvalue weighted by molar-refractivity contribution is -0.385. The molecule has 1 aromatic rings. The van der Waals surface area contributed by atoms with Crippen LogP contribution < -0.4 is 0 Å². The van der Waals surface area contributed by atoms with Gasteiger partial charge in [-0.25, -0.2) is 0 Å². The van der Waals surface area contributed by atoms with E-state index >= 15 is 0 Å². The molecule has 0 saturated carbocycles. The van der Waals surface area contributed by atoms with Crippen LogP contribution >= 0.6 is 11.6 Å². The topological polar surface area (TPSA) is 83.7 Å². The molecule has 0 unspecified atom stereocenters. The first-order valence-electron chi connectivity index (χ1n) is 5.91. The van der Waals surface area contributed by atoms with E-state index in [4.69, 9.17) is 11.6 Å². The quantitative estimate of drug-likeness (QED) is 0.678. The summed E-state index contributed by atoms with van der Waals surface area (Å²) in [6.45, 7) is 0.330. The highest BCUT2D eigenvalue weighted by Gasteiger charge is 2.33. The molecule has 1 amide bonds. The van der Waals surface area contributed by atoms with Gasteiger partial charge >= 0.3 is 0 Å². The standard InChI is InChI=1S/C12H13ClN2O4/c13-9-4-1-5-10(15(18)19)11(9)12(17)14-6-2-3-8(14)7-16/h1,4-5,8,16H,2-3,6-7H2/t8-/m1/s1. The van der Waals surface area contributed by atoms with E-state index in [2.05, 4.69) is 0 Å². The van der Waals surface area contributed by atoms with Crippen molar-refractivity contribution in [2.24, 2.45) is 0 Å². The van der Waals surface area contributed by atoms with Gasteiger partial charge < -0.3 is 10.0 Å². The summed E-state index contributed by atoms with van der Waals surface area (Å²) in [5, 5.41) is 20.2. The second kappa shape index (κ2) is 5.54. The van der Waals surface area contributed by atoms with Crippen molar-refractivity contribution >= 4 is 23.2 Å². The Balaban J connectivity index is 2.41. The molecule has 6 nitrogen and oxygen atoms in total. The summed E-state index contributed by atoms with van der Waals surface area (Å²) in [7, 11) is 0. The van der Waals surface area contributed by atoms with E-state index in [0.29, 0.717) is 13.0 Å². The highest BCUT2D eigenvalue weighted by Crippen LogP contribution is 2.30. The molecule has 1 aliphatic rings. The van der Waals surface area contributed by atoms with Gasteiger partial charge in [0, 0.05) is 12.6 Å². The van der Waals surface area contributed by atoms with Crippen LogP contribution in [0.5, 0.6) is 0 Å². The fraction of sp³-hybridized carbons (Fsp3) is 0.417. The molecular weight excluding hydrogens is 272 g/mol. The van der Waals surface area contributed by atoms with Crippen molar-refractivity contribution in [1.82, 2.24) is 4.90 Å². The summed E-state index contributed by atoms with van der Waals surface area (Å²) >= 11 is 5.92. The predicted octanol–water partition coefficient (Wildman–Crippen LogP) is 1.85. The summed E-state index contributed by atoms with van der Waals surface area (Å²) in [6, 6.07) is 3.85. The second-order valence-corrected chi connectivity index (χ2v) is 4.78. The van der Waals surface area contributed by atoms with E-state index in [1.165, 1.54) is 23.1 Å². The van der Waals surface area contributed by atoms with Gasteiger partial charge in [0.15, 0.2) is 0 Å². The molecule has 2 rings (SSSR count). The van der Waals surface area contributed by atoms with Gasteiger partial charge in [-0.05, 0) is 18.9 Å². The SMILES string of the molecule is O=C(c1c(Cl)cccc1[N+](=O)[O-])N1CCC[C@@H]1CO. The van der Waals surface area contributed by atoms with Crippen LogP contribution in [0, 0.1) is 10.1 Å². The van der Waals surface area contributed by atoms with Crippen molar-refractivity contribution in [2.75, 3.05) is 13.2 Å². The Morgan fingerprint density at radius 1 is 1.58 bits per heavy atom. The molecule has 1 heterocycles. The number of benzene rings is 1. The first-order valence-corrected chi connectivity index (χ1v) is 6.28. The maximum Gasteiger partial charge on any atom is 0.283 e. The van der Waals surface area contributed by atoms with E-state index in [1.807, 2.05) is 0 Å². The zero-order valence-electron chi connectivity index (χ0n) is 10.1. The van der Waals surface area contributed by atoms with Crippen molar-refractivity contribution in [3.05, 3.63) is 38.9 Å². The fourth-order valence-electron chi connectivity index (χ4n) is 2.31. The van der Waals surface area contributed by atoms with Gasteiger partial charge in [-0.15, -0.1) is 0 Å². The van der Waals surface area contributed by atoms with Crippen LogP contribution in [0.2, 0.25) is 5.02 Å². The van der Waals surface area contributed by atoms with Crippen molar-refractivity contribution in [1.29, 1.82) is 0 Å². The number of hydrogen-bond acceptors (Lipinski definition) is 4. The number of aliphatic hydroxyl groups excluding tert-OH is 1. The predicted molar refractivity (Wildman–Crippen MR) is 69.3 cm³/mol. The van der Waals surface area contributed by atoms with Gasteiger partial charge in [-0.1, -0.05) is 17.7 Å². The lowest BCUT2D eigenvalue weighted by atomic mass is 10.1. The fourth-order valence-corrected chi connectivity index (χ4v) is 2.56. The van der Waals surface area contributed by atoms with Crippen LogP contribution in [0.1, 0.15) is 23.2 Å². The summed E-state index contributed by atoms with van der Waals surface area (Å²) in [4.78, 5) is 24.2. The average Bonchev–Trinajstić information content (AvgIpc) is 2.85. The molecular formula is C12H13ClN2O4. The highest BCUT2D eigenvalue weighted by molar-refractivity contribution is 6.34. The number of hydrogen-bond donors (Lipinski definition) is 1. The number of carbonyl (C=O) groups excluding carboxylic acids is 1. The lowest BCUT2D eigenvalue weighted by Gasteiger charge is -2.23. The normalized spacial score (nSPS) is 18.6. The number of nitro groups is 1. The molecule has 1 aromatic carbocycles. The Bertz CT molecular complexity index is 520. The number of halogens is 1. The number of likely N-dealkylation sites (tertiary alicyclic amines) is 1. The zero-order chi connectivity index (χ0) is 14.0. The van der Waals surface area contributed by atoms with Crippen LogP contribution in [0.25, 0.3) is 0 Å². The molecule has 19 heavy (non-hydrogen) atoms. The summed E-state index contributed by atoms with van der Waals surface area (Å²) in [5.74, 6) is -0.492. The molecule has 1 aliphatic heterocycles. The Morgan fingerprint density at radius 3 is 2.95 bits per heavy atom. The number of rotatable bonds is 3. The van der Waals surface area contributed by atoms with Gasteiger partial charge in [0.05, 0.1) is 22.6 Å². The lowest BCUT2D eigenvalue weighted by Crippen LogP contribution is -2.38. The average molecular weight is 285 g/mol. The largest absolute Gasteiger partial charge is 0.394 e. The third-order valence-corrected chi connectivity index (χ3v) is 3.57. The number of aliphatic hydroxyl groups is 1. The molecule has 1 N–H and O–H groups in total. The van der Waals surface area contributed by atoms with Crippen molar-refractivity contribution in [3.63, 3.8) is 0 Å². The molecule has 0 bridgehead atoms. The molecule has 0 spiro atoms. The minimum atomic E-state index is -0.622. The van der Waals surface area contributed by atoms with Gasteiger partial charge in [-0.3, -0.25) is 14.9 Å². The molecule has 0 aliphatic carbocycles. The Morgan fingerprint density at radius 2 is 2.32 bits per heavy atom. The highest BCUT2D eigenvalue weighted by atomic mass is 35.5. The smallest absolute Gasteiger partial charge is 0.283 e. The minimum Gasteiger partial charge on any atom is -0.394 e. The van der Waals surface area contributed by atoms with Crippen LogP contribution in [0.15, 0.2) is 18.2 Å². The number of nitrogens with zero attached hydrogens (tertiary/aromatic N) is 2. The van der Waals surface area contributed by atoms with E-state index in [1.54, 1.807) is 0 Å². The molecule has 1 atom stereocenters. The molecule has 102 valence electrons. The van der Waals surface area contributed by atoms with Gasteiger partial charge in [0.25, 0.3) is 11.6 Å². The second-order valence-electron chi connectivity index (χ2n) is 4.37. The third kappa shape index (κ3) is 2.54. The number of nitro benzene ring substituents is 1. The van der Waals surface area contributed by atoms with E-state index < -0.39 is 10.8 Å². The van der Waals surface area contributed by atoms with Crippen molar-refractivity contribution in [2.45, 2.75) is 18.9 Å². The summed E-state index contributed by atoms with van der Waals surface area (Å²) < 4.78 is 0. The minimum absolute atomic E-state index is 0.0581. The zero-order valence-corrected chi connectivity index (χ0v) is 10.8. The first kappa shape index (κ1) is 13.8. The monoisotopic (exact) mass is 284 g/mol.